The molecule has 0 aliphatic heterocycles. The fourth-order valence-corrected chi connectivity index (χ4v) is 1.61. The van der Waals surface area contributed by atoms with E-state index < -0.39 is 17.6 Å². The Morgan fingerprint density at radius 3 is 2.45 bits per heavy atom. The molecule has 0 radical (unpaired) electrons. The smallest absolute Gasteiger partial charge is 0.317 e. The van der Waals surface area contributed by atoms with Gasteiger partial charge < -0.3 is 5.32 Å². The Morgan fingerprint density at radius 1 is 1.30 bits per heavy atom. The molecule has 0 saturated carbocycles. The van der Waals surface area contributed by atoms with Crippen LogP contribution in [-0.2, 0) is 6.18 Å². The Hall–Kier alpha value is -2.38. The number of aryl methyl sites for hydroxylation is 2. The van der Waals surface area contributed by atoms with Gasteiger partial charge in [0, 0.05) is 6.20 Å². The highest BCUT2D eigenvalue weighted by Gasteiger charge is 2.31. The molecule has 0 bridgehead atoms. The van der Waals surface area contributed by atoms with Crippen LogP contribution >= 0.6 is 0 Å². The monoisotopic (exact) mass is 284 g/mol. The maximum Gasteiger partial charge on any atom is 0.417 e. The standard InChI is InChI=1S/C12H11F3N4O/c1-6-10(7(2)19-18-6)17-11(20)9-4-3-8(5-16-9)12(13,14)15/h3-5H,1-2H3,(H,17,20)(H,18,19). The Morgan fingerprint density at radius 2 is 2.00 bits per heavy atom. The second kappa shape index (κ2) is 4.95. The Bertz CT molecular complexity index is 612. The van der Waals surface area contributed by atoms with Gasteiger partial charge in [-0.1, -0.05) is 0 Å². The summed E-state index contributed by atoms with van der Waals surface area (Å²) in [5.41, 5.74) is 0.741. The van der Waals surface area contributed by atoms with Gasteiger partial charge in [-0.05, 0) is 26.0 Å². The van der Waals surface area contributed by atoms with Gasteiger partial charge in [0.05, 0.1) is 22.6 Å². The molecule has 0 unspecified atom stereocenters. The summed E-state index contributed by atoms with van der Waals surface area (Å²) in [5.74, 6) is -0.591. The predicted molar refractivity (Wildman–Crippen MR) is 65.3 cm³/mol. The van der Waals surface area contributed by atoms with Gasteiger partial charge in [-0.15, -0.1) is 0 Å². The molecule has 2 N–H and O–H groups in total. The number of carbonyl (C=O) groups excluding carboxylic acids is 1. The van der Waals surface area contributed by atoms with Gasteiger partial charge in [0.25, 0.3) is 5.91 Å². The van der Waals surface area contributed by atoms with Gasteiger partial charge in [-0.25, -0.2) is 0 Å². The first-order valence-corrected chi connectivity index (χ1v) is 5.65. The summed E-state index contributed by atoms with van der Waals surface area (Å²) in [7, 11) is 0. The average molecular weight is 284 g/mol. The van der Waals surface area contributed by atoms with Crippen molar-refractivity contribution in [3.05, 3.63) is 41.0 Å². The van der Waals surface area contributed by atoms with Crippen LogP contribution in [0.3, 0.4) is 0 Å². The number of amides is 1. The normalized spacial score (nSPS) is 11.4. The number of halogens is 3. The summed E-state index contributed by atoms with van der Waals surface area (Å²) in [4.78, 5) is 15.4. The maximum atomic E-state index is 12.4. The molecule has 0 aromatic carbocycles. The molecule has 0 fully saturated rings. The molecule has 0 spiro atoms. The Kier molecular flexibility index (Phi) is 3.47. The molecule has 2 aromatic rings. The van der Waals surface area contributed by atoms with Crippen LogP contribution in [0.15, 0.2) is 18.3 Å². The van der Waals surface area contributed by atoms with Crippen molar-refractivity contribution in [2.24, 2.45) is 0 Å². The summed E-state index contributed by atoms with van der Waals surface area (Å²) in [6.07, 6.45) is -3.84. The van der Waals surface area contributed by atoms with E-state index in [1.807, 2.05) is 0 Å². The first-order valence-electron chi connectivity index (χ1n) is 5.65. The third kappa shape index (κ3) is 2.79. The lowest BCUT2D eigenvalue weighted by molar-refractivity contribution is -0.137. The fourth-order valence-electron chi connectivity index (χ4n) is 1.61. The van der Waals surface area contributed by atoms with E-state index in [2.05, 4.69) is 20.5 Å². The SMILES string of the molecule is Cc1n[nH]c(C)c1NC(=O)c1ccc(C(F)(F)F)cn1. The molecule has 8 heteroatoms. The quantitative estimate of drug-likeness (QED) is 0.890. The molecular formula is C12H11F3N4O. The number of hydrogen-bond acceptors (Lipinski definition) is 3. The summed E-state index contributed by atoms with van der Waals surface area (Å²) in [6.45, 7) is 3.41. The van der Waals surface area contributed by atoms with Crippen LogP contribution in [0, 0.1) is 13.8 Å². The zero-order valence-corrected chi connectivity index (χ0v) is 10.7. The molecule has 0 atom stereocenters. The number of aromatic amines is 1. The number of carbonyl (C=O) groups is 1. The molecule has 20 heavy (non-hydrogen) atoms. The number of hydrogen-bond donors (Lipinski definition) is 2. The van der Waals surface area contributed by atoms with Crippen molar-refractivity contribution in [2.75, 3.05) is 5.32 Å². The lowest BCUT2D eigenvalue weighted by Gasteiger charge is -2.07. The van der Waals surface area contributed by atoms with Crippen molar-refractivity contribution in [1.29, 1.82) is 0 Å². The average Bonchev–Trinajstić information content (AvgIpc) is 2.69. The van der Waals surface area contributed by atoms with E-state index in [-0.39, 0.29) is 5.69 Å². The summed E-state index contributed by atoms with van der Waals surface area (Å²) in [5, 5.41) is 9.15. The minimum absolute atomic E-state index is 0.0991. The van der Waals surface area contributed by atoms with Gasteiger partial charge >= 0.3 is 6.18 Å². The molecule has 2 heterocycles. The Balaban J connectivity index is 2.18. The topological polar surface area (TPSA) is 70.7 Å². The van der Waals surface area contributed by atoms with E-state index in [9.17, 15) is 18.0 Å². The van der Waals surface area contributed by atoms with Crippen molar-refractivity contribution < 1.29 is 18.0 Å². The molecule has 106 valence electrons. The van der Waals surface area contributed by atoms with E-state index in [1.54, 1.807) is 13.8 Å². The van der Waals surface area contributed by atoms with Crippen LogP contribution < -0.4 is 5.32 Å². The molecular weight excluding hydrogens is 273 g/mol. The van der Waals surface area contributed by atoms with Gasteiger partial charge in [-0.3, -0.25) is 14.9 Å². The molecule has 0 aliphatic carbocycles. The minimum Gasteiger partial charge on any atom is -0.317 e. The molecule has 0 saturated heterocycles. The molecule has 5 nitrogen and oxygen atoms in total. The maximum absolute atomic E-state index is 12.4. The zero-order chi connectivity index (χ0) is 14.9. The fraction of sp³-hybridized carbons (Fsp3) is 0.250. The van der Waals surface area contributed by atoms with Crippen LogP contribution in [0.1, 0.15) is 27.4 Å². The zero-order valence-electron chi connectivity index (χ0n) is 10.7. The second-order valence-electron chi connectivity index (χ2n) is 4.19. The molecule has 2 aromatic heterocycles. The van der Waals surface area contributed by atoms with Crippen LogP contribution in [0.4, 0.5) is 18.9 Å². The van der Waals surface area contributed by atoms with Gasteiger partial charge in [0.15, 0.2) is 0 Å². The summed E-state index contributed by atoms with van der Waals surface area (Å²) < 4.78 is 37.1. The van der Waals surface area contributed by atoms with Crippen LogP contribution in [0.2, 0.25) is 0 Å². The van der Waals surface area contributed by atoms with Crippen molar-refractivity contribution in [1.82, 2.24) is 15.2 Å². The highest BCUT2D eigenvalue weighted by Crippen LogP contribution is 2.28. The summed E-state index contributed by atoms with van der Waals surface area (Å²) >= 11 is 0. The van der Waals surface area contributed by atoms with Crippen LogP contribution in [0.5, 0.6) is 0 Å². The number of aromatic nitrogens is 3. The van der Waals surface area contributed by atoms with E-state index in [4.69, 9.17) is 0 Å². The highest BCUT2D eigenvalue weighted by molar-refractivity contribution is 6.03. The van der Waals surface area contributed by atoms with Gasteiger partial charge in [-0.2, -0.15) is 18.3 Å². The number of alkyl halides is 3. The number of pyridine rings is 1. The van der Waals surface area contributed by atoms with Gasteiger partial charge in [0.2, 0.25) is 0 Å². The third-order valence-corrected chi connectivity index (χ3v) is 2.69. The molecule has 2 rings (SSSR count). The number of rotatable bonds is 2. The number of nitrogens with zero attached hydrogens (tertiary/aromatic N) is 2. The third-order valence-electron chi connectivity index (χ3n) is 2.69. The number of anilines is 1. The largest absolute Gasteiger partial charge is 0.417 e. The van der Waals surface area contributed by atoms with Crippen LogP contribution in [0.25, 0.3) is 0 Å². The van der Waals surface area contributed by atoms with Crippen molar-refractivity contribution >= 4 is 11.6 Å². The lowest BCUT2D eigenvalue weighted by atomic mass is 10.2. The minimum atomic E-state index is -4.47. The van der Waals surface area contributed by atoms with Gasteiger partial charge in [0.1, 0.15) is 5.69 Å². The summed E-state index contributed by atoms with van der Waals surface area (Å²) in [6, 6.07) is 1.85. The molecule has 1 amide bonds. The number of H-pyrrole nitrogens is 1. The number of nitrogens with one attached hydrogen (secondary N) is 2. The van der Waals surface area contributed by atoms with Crippen molar-refractivity contribution in [2.45, 2.75) is 20.0 Å². The van der Waals surface area contributed by atoms with E-state index >= 15 is 0 Å². The van der Waals surface area contributed by atoms with Crippen molar-refractivity contribution in [3.8, 4) is 0 Å². The van der Waals surface area contributed by atoms with Crippen LogP contribution in [-0.4, -0.2) is 21.1 Å². The highest BCUT2D eigenvalue weighted by atomic mass is 19.4. The first-order chi connectivity index (χ1) is 9.29. The van der Waals surface area contributed by atoms with E-state index in [0.29, 0.717) is 23.3 Å². The predicted octanol–water partition coefficient (Wildman–Crippen LogP) is 2.69. The van der Waals surface area contributed by atoms with E-state index in [1.165, 1.54) is 0 Å². The lowest BCUT2D eigenvalue weighted by Crippen LogP contribution is -2.15. The first kappa shape index (κ1) is 14.0. The second-order valence-corrected chi connectivity index (χ2v) is 4.19. The molecule has 0 aliphatic rings. The van der Waals surface area contributed by atoms with Crippen molar-refractivity contribution in [3.63, 3.8) is 0 Å². The van der Waals surface area contributed by atoms with E-state index in [0.717, 1.165) is 12.1 Å². The Labute approximate surface area is 112 Å².